The Hall–Kier alpha value is -0.950. The molecule has 0 aliphatic carbocycles. The summed E-state index contributed by atoms with van der Waals surface area (Å²) in [6.45, 7) is 5.94. The standard InChI is InChI=1S/C14H17N3OS2.ClH/c1-8-3-4-12(20-8)11-7-19-14(16-11)17-13(18)9(2)10-5-15-6-10;/h3-4,7,9-10,15H,5-6H2,1-2H3,(H,16,17,18);1H. The number of aromatic nitrogens is 1. The Bertz CT molecular complexity index is 621. The average molecular weight is 344 g/mol. The molecule has 0 aromatic carbocycles. The molecule has 1 unspecified atom stereocenters. The molecule has 114 valence electrons. The van der Waals surface area contributed by atoms with Gasteiger partial charge in [0.2, 0.25) is 5.91 Å². The molecular weight excluding hydrogens is 326 g/mol. The topological polar surface area (TPSA) is 54.0 Å². The Morgan fingerprint density at radius 2 is 2.24 bits per heavy atom. The van der Waals surface area contributed by atoms with Gasteiger partial charge in [0.25, 0.3) is 0 Å². The van der Waals surface area contributed by atoms with Crippen LogP contribution < -0.4 is 10.6 Å². The summed E-state index contributed by atoms with van der Waals surface area (Å²) in [5.74, 6) is 0.557. The smallest absolute Gasteiger partial charge is 0.229 e. The Morgan fingerprint density at radius 1 is 1.48 bits per heavy atom. The van der Waals surface area contributed by atoms with Crippen molar-refractivity contribution in [3.8, 4) is 10.6 Å². The van der Waals surface area contributed by atoms with Crippen LogP contribution in [0.3, 0.4) is 0 Å². The van der Waals surface area contributed by atoms with Crippen molar-refractivity contribution < 1.29 is 4.79 Å². The molecule has 0 radical (unpaired) electrons. The van der Waals surface area contributed by atoms with Crippen LogP contribution >= 0.6 is 35.1 Å². The number of aryl methyl sites for hydroxylation is 1. The van der Waals surface area contributed by atoms with E-state index in [1.807, 2.05) is 12.3 Å². The van der Waals surface area contributed by atoms with Crippen molar-refractivity contribution in [2.75, 3.05) is 18.4 Å². The SMILES string of the molecule is Cc1ccc(-c2csc(NC(=O)C(C)C3CNC3)n2)s1.Cl. The predicted octanol–water partition coefficient (Wildman–Crippen LogP) is 3.40. The minimum absolute atomic E-state index is 0. The van der Waals surface area contributed by atoms with Gasteiger partial charge < -0.3 is 10.6 Å². The van der Waals surface area contributed by atoms with E-state index in [1.165, 1.54) is 16.2 Å². The zero-order chi connectivity index (χ0) is 14.1. The molecule has 1 fully saturated rings. The fourth-order valence-electron chi connectivity index (χ4n) is 2.11. The number of hydrogen-bond donors (Lipinski definition) is 2. The summed E-state index contributed by atoms with van der Waals surface area (Å²) in [4.78, 5) is 19.0. The molecule has 0 spiro atoms. The minimum Gasteiger partial charge on any atom is -0.316 e. The van der Waals surface area contributed by atoms with Crippen LogP contribution in [0.4, 0.5) is 5.13 Å². The molecule has 3 heterocycles. The molecule has 2 N–H and O–H groups in total. The van der Waals surface area contributed by atoms with E-state index in [4.69, 9.17) is 0 Å². The second-order valence-corrected chi connectivity index (χ2v) is 7.29. The van der Waals surface area contributed by atoms with E-state index >= 15 is 0 Å². The molecule has 2 aromatic rings. The van der Waals surface area contributed by atoms with Crippen molar-refractivity contribution in [3.05, 3.63) is 22.4 Å². The summed E-state index contributed by atoms with van der Waals surface area (Å²) in [5, 5.41) is 8.82. The molecule has 1 saturated heterocycles. The fourth-order valence-corrected chi connectivity index (χ4v) is 3.73. The van der Waals surface area contributed by atoms with Gasteiger partial charge in [-0.3, -0.25) is 4.79 Å². The lowest BCUT2D eigenvalue weighted by Crippen LogP contribution is -2.48. The van der Waals surface area contributed by atoms with Gasteiger partial charge >= 0.3 is 0 Å². The number of rotatable bonds is 4. The van der Waals surface area contributed by atoms with Crippen LogP contribution in [0.25, 0.3) is 10.6 Å². The molecule has 1 aliphatic heterocycles. The molecule has 4 nitrogen and oxygen atoms in total. The maximum absolute atomic E-state index is 12.1. The van der Waals surface area contributed by atoms with E-state index < -0.39 is 0 Å². The Morgan fingerprint density at radius 3 is 2.81 bits per heavy atom. The van der Waals surface area contributed by atoms with E-state index in [1.54, 1.807) is 11.3 Å². The van der Waals surface area contributed by atoms with E-state index in [-0.39, 0.29) is 24.2 Å². The lowest BCUT2D eigenvalue weighted by molar-refractivity contribution is -0.121. The normalized spacial score (nSPS) is 15.9. The molecule has 3 rings (SSSR count). The molecule has 1 amide bonds. The Balaban J connectivity index is 0.00000161. The first kappa shape index (κ1) is 16.4. The number of halogens is 1. The third kappa shape index (κ3) is 3.63. The van der Waals surface area contributed by atoms with E-state index in [9.17, 15) is 4.79 Å². The van der Waals surface area contributed by atoms with Gasteiger partial charge in [-0.05, 0) is 38.1 Å². The minimum atomic E-state index is 0. The summed E-state index contributed by atoms with van der Waals surface area (Å²) in [6, 6.07) is 4.16. The van der Waals surface area contributed by atoms with Crippen molar-refractivity contribution in [2.45, 2.75) is 13.8 Å². The Labute approximate surface area is 138 Å². The van der Waals surface area contributed by atoms with E-state index in [0.717, 1.165) is 23.7 Å². The van der Waals surface area contributed by atoms with Gasteiger partial charge in [-0.25, -0.2) is 4.98 Å². The highest BCUT2D eigenvalue weighted by Gasteiger charge is 2.29. The van der Waals surface area contributed by atoms with Crippen LogP contribution in [0.5, 0.6) is 0 Å². The van der Waals surface area contributed by atoms with Gasteiger partial charge in [0.15, 0.2) is 5.13 Å². The second kappa shape index (κ2) is 6.87. The summed E-state index contributed by atoms with van der Waals surface area (Å²) >= 11 is 3.20. The zero-order valence-corrected chi connectivity index (χ0v) is 14.3. The summed E-state index contributed by atoms with van der Waals surface area (Å²) in [7, 11) is 0. The summed E-state index contributed by atoms with van der Waals surface area (Å²) in [6.07, 6.45) is 0. The van der Waals surface area contributed by atoms with Gasteiger partial charge in [0.1, 0.15) is 0 Å². The molecule has 7 heteroatoms. The molecule has 1 atom stereocenters. The first-order valence-electron chi connectivity index (χ1n) is 6.67. The maximum Gasteiger partial charge on any atom is 0.229 e. The molecule has 2 aromatic heterocycles. The first-order valence-corrected chi connectivity index (χ1v) is 8.37. The van der Waals surface area contributed by atoms with Crippen LogP contribution in [0.15, 0.2) is 17.5 Å². The number of thiophene rings is 1. The number of carbonyl (C=O) groups is 1. The van der Waals surface area contributed by atoms with Crippen molar-refractivity contribution in [3.63, 3.8) is 0 Å². The van der Waals surface area contributed by atoms with Crippen LogP contribution in [0, 0.1) is 18.8 Å². The zero-order valence-electron chi connectivity index (χ0n) is 11.9. The highest BCUT2D eigenvalue weighted by molar-refractivity contribution is 7.17. The number of thiazole rings is 1. The lowest BCUT2D eigenvalue weighted by atomic mass is 9.88. The summed E-state index contributed by atoms with van der Waals surface area (Å²) < 4.78 is 0. The van der Waals surface area contributed by atoms with E-state index in [0.29, 0.717) is 11.0 Å². The predicted molar refractivity (Wildman–Crippen MR) is 91.6 cm³/mol. The van der Waals surface area contributed by atoms with Gasteiger partial charge in [0.05, 0.1) is 10.6 Å². The summed E-state index contributed by atoms with van der Waals surface area (Å²) in [5.41, 5.74) is 0.946. The van der Waals surface area contributed by atoms with Gasteiger partial charge in [-0.15, -0.1) is 35.1 Å². The van der Waals surface area contributed by atoms with Gasteiger partial charge in [-0.2, -0.15) is 0 Å². The molecule has 1 aliphatic rings. The number of nitrogens with one attached hydrogen (secondary N) is 2. The molecule has 0 bridgehead atoms. The third-order valence-electron chi connectivity index (χ3n) is 3.66. The largest absolute Gasteiger partial charge is 0.316 e. The average Bonchev–Trinajstić information content (AvgIpc) is 2.95. The first-order chi connectivity index (χ1) is 9.63. The number of carbonyl (C=O) groups excluding carboxylic acids is 1. The van der Waals surface area contributed by atoms with Crippen LogP contribution in [0.1, 0.15) is 11.8 Å². The fraction of sp³-hybridized carbons (Fsp3) is 0.429. The van der Waals surface area contributed by atoms with Crippen molar-refractivity contribution in [1.82, 2.24) is 10.3 Å². The highest BCUT2D eigenvalue weighted by Crippen LogP contribution is 2.30. The maximum atomic E-state index is 12.1. The number of hydrogen-bond acceptors (Lipinski definition) is 5. The van der Waals surface area contributed by atoms with Crippen molar-refractivity contribution in [1.29, 1.82) is 0 Å². The monoisotopic (exact) mass is 343 g/mol. The van der Waals surface area contributed by atoms with Crippen LogP contribution in [-0.2, 0) is 4.79 Å². The third-order valence-corrected chi connectivity index (χ3v) is 5.44. The van der Waals surface area contributed by atoms with Crippen molar-refractivity contribution >= 4 is 46.1 Å². The second-order valence-electron chi connectivity index (χ2n) is 5.14. The Kier molecular flexibility index (Phi) is 5.37. The molecule has 21 heavy (non-hydrogen) atoms. The molecule has 0 saturated carbocycles. The highest BCUT2D eigenvalue weighted by atomic mass is 35.5. The molecular formula is C14H18ClN3OS2. The van der Waals surface area contributed by atoms with Crippen molar-refractivity contribution in [2.24, 2.45) is 11.8 Å². The van der Waals surface area contributed by atoms with E-state index in [2.05, 4.69) is 34.7 Å². The quantitative estimate of drug-likeness (QED) is 0.894. The number of amides is 1. The lowest BCUT2D eigenvalue weighted by Gasteiger charge is -2.31. The van der Waals surface area contributed by atoms with Gasteiger partial charge in [0, 0.05) is 16.2 Å². The van der Waals surface area contributed by atoms with Crippen LogP contribution in [-0.4, -0.2) is 24.0 Å². The van der Waals surface area contributed by atoms with Crippen LogP contribution in [0.2, 0.25) is 0 Å². The number of anilines is 1. The van der Waals surface area contributed by atoms with Gasteiger partial charge in [-0.1, -0.05) is 6.92 Å². The number of nitrogens with zero attached hydrogens (tertiary/aromatic N) is 1.